The van der Waals surface area contributed by atoms with Crippen LogP contribution >= 0.6 is 11.8 Å². The third kappa shape index (κ3) is 4.46. The van der Waals surface area contributed by atoms with Crippen molar-refractivity contribution in [1.29, 1.82) is 0 Å². The minimum atomic E-state index is -1.02. The number of fused-ring (bicyclic) bond motifs is 3. The average molecular weight is 453 g/mol. The van der Waals surface area contributed by atoms with Crippen LogP contribution < -0.4 is 9.64 Å². The molecule has 8 heteroatoms. The van der Waals surface area contributed by atoms with Gasteiger partial charge in [-0.1, -0.05) is 68.9 Å². The van der Waals surface area contributed by atoms with Crippen LogP contribution in [-0.2, 0) is 4.79 Å². The van der Waals surface area contributed by atoms with E-state index in [2.05, 4.69) is 29.0 Å². The molecule has 0 N–H and O–H groups in total. The van der Waals surface area contributed by atoms with E-state index in [1.165, 1.54) is 22.7 Å². The Labute approximate surface area is 191 Å². The first-order valence-electron chi connectivity index (χ1n) is 10.7. The van der Waals surface area contributed by atoms with Gasteiger partial charge in [0, 0.05) is 23.3 Å². The Morgan fingerprint density at radius 2 is 1.91 bits per heavy atom. The highest BCUT2D eigenvalue weighted by Gasteiger charge is 2.36. The number of aromatic nitrogens is 3. The Morgan fingerprint density at radius 3 is 2.66 bits per heavy atom. The van der Waals surface area contributed by atoms with Gasteiger partial charge < -0.3 is 4.74 Å². The topological polar surface area (TPSA) is 68.2 Å². The Bertz CT molecular complexity index is 1120. The normalized spacial score (nSPS) is 15.0. The van der Waals surface area contributed by atoms with Crippen molar-refractivity contribution in [1.82, 2.24) is 15.2 Å². The Morgan fingerprint density at radius 1 is 1.16 bits per heavy atom. The molecular weight excluding hydrogens is 427 g/mol. The predicted molar refractivity (Wildman–Crippen MR) is 123 cm³/mol. The number of amides is 1. The molecule has 1 aliphatic rings. The lowest BCUT2D eigenvalue weighted by Gasteiger charge is -2.31. The van der Waals surface area contributed by atoms with Gasteiger partial charge in [0.1, 0.15) is 5.82 Å². The molecule has 0 fully saturated rings. The highest BCUT2D eigenvalue weighted by atomic mass is 32.2. The number of carbonyl (C=O) groups excluding carboxylic acids is 1. The number of benzene rings is 2. The largest absolute Gasteiger partial charge is 0.447 e. The standard InChI is InChI=1S/C24H25FN4O2S/c1-4-9-20(30)29-19-13-8-6-11-17(19)21-22(26-24(28-27-21)32-14-15(2)3)31-23(29)16-10-5-7-12-18(16)25/h5-8,10-13,15,23H,4,9,14H2,1-3H3. The SMILES string of the molecule is CCCC(=O)N1c2ccccc2-c2nnc(SCC(C)C)nc2OC1c1ccccc1F. The maximum absolute atomic E-state index is 14.9. The minimum Gasteiger partial charge on any atom is -0.447 e. The number of ether oxygens (including phenoxy) is 1. The van der Waals surface area contributed by atoms with Crippen molar-refractivity contribution in [2.24, 2.45) is 5.92 Å². The molecule has 2 heterocycles. The molecule has 2 aromatic carbocycles. The van der Waals surface area contributed by atoms with Gasteiger partial charge in [-0.05, 0) is 24.5 Å². The van der Waals surface area contributed by atoms with E-state index in [0.29, 0.717) is 40.9 Å². The number of para-hydroxylation sites is 1. The number of carbonyl (C=O) groups is 1. The van der Waals surface area contributed by atoms with Crippen molar-refractivity contribution in [3.05, 3.63) is 59.9 Å². The van der Waals surface area contributed by atoms with Gasteiger partial charge in [0.2, 0.25) is 23.2 Å². The number of hydrogen-bond donors (Lipinski definition) is 0. The zero-order valence-electron chi connectivity index (χ0n) is 18.3. The van der Waals surface area contributed by atoms with Crippen LogP contribution in [0.1, 0.15) is 45.4 Å². The van der Waals surface area contributed by atoms with E-state index >= 15 is 0 Å². The van der Waals surface area contributed by atoms with Gasteiger partial charge in [0.15, 0.2) is 5.69 Å². The van der Waals surface area contributed by atoms with E-state index in [1.54, 1.807) is 18.2 Å². The molecule has 0 radical (unpaired) electrons. The zero-order chi connectivity index (χ0) is 22.7. The summed E-state index contributed by atoms with van der Waals surface area (Å²) in [5, 5.41) is 9.15. The molecule has 0 saturated carbocycles. The van der Waals surface area contributed by atoms with Crippen LogP contribution in [0.2, 0.25) is 0 Å². The molecule has 1 amide bonds. The molecule has 4 rings (SSSR count). The molecule has 0 spiro atoms. The fourth-order valence-electron chi connectivity index (χ4n) is 3.50. The second-order valence-corrected chi connectivity index (χ2v) is 8.96. The first-order chi connectivity index (χ1) is 15.5. The first kappa shape index (κ1) is 22.2. The van der Waals surface area contributed by atoms with Crippen LogP contribution in [-0.4, -0.2) is 26.8 Å². The average Bonchev–Trinajstić information content (AvgIpc) is 2.92. The van der Waals surface area contributed by atoms with E-state index in [0.717, 1.165) is 5.75 Å². The van der Waals surface area contributed by atoms with Gasteiger partial charge >= 0.3 is 0 Å². The van der Waals surface area contributed by atoms with Gasteiger partial charge in [0.05, 0.1) is 5.69 Å². The van der Waals surface area contributed by atoms with E-state index in [-0.39, 0.29) is 17.4 Å². The highest BCUT2D eigenvalue weighted by molar-refractivity contribution is 7.99. The van der Waals surface area contributed by atoms with Crippen molar-refractivity contribution in [3.8, 4) is 17.1 Å². The molecule has 0 aliphatic carbocycles. The quantitative estimate of drug-likeness (QED) is 0.450. The number of halogens is 1. The van der Waals surface area contributed by atoms with Crippen molar-refractivity contribution < 1.29 is 13.9 Å². The third-order valence-corrected chi connectivity index (χ3v) is 6.23. The lowest BCUT2D eigenvalue weighted by molar-refractivity contribution is -0.120. The summed E-state index contributed by atoms with van der Waals surface area (Å²) in [5.74, 6) is 0.901. The van der Waals surface area contributed by atoms with Crippen LogP contribution in [0.3, 0.4) is 0 Å². The molecule has 1 aromatic heterocycles. The molecule has 1 unspecified atom stereocenters. The van der Waals surface area contributed by atoms with Crippen molar-refractivity contribution in [2.45, 2.75) is 45.0 Å². The van der Waals surface area contributed by atoms with Gasteiger partial charge in [-0.15, -0.1) is 10.2 Å². The van der Waals surface area contributed by atoms with Gasteiger partial charge in [0.25, 0.3) is 0 Å². The van der Waals surface area contributed by atoms with Crippen molar-refractivity contribution >= 4 is 23.4 Å². The lowest BCUT2D eigenvalue weighted by Crippen LogP contribution is -2.38. The molecule has 32 heavy (non-hydrogen) atoms. The fraction of sp³-hybridized carbons (Fsp3) is 0.333. The van der Waals surface area contributed by atoms with Crippen molar-refractivity contribution in [2.75, 3.05) is 10.7 Å². The molecule has 0 saturated heterocycles. The predicted octanol–water partition coefficient (Wildman–Crippen LogP) is 5.65. The monoisotopic (exact) mass is 452 g/mol. The second-order valence-electron chi connectivity index (χ2n) is 7.98. The van der Waals surface area contributed by atoms with Crippen LogP contribution in [0.15, 0.2) is 53.7 Å². The summed E-state index contributed by atoms with van der Waals surface area (Å²) < 4.78 is 21.2. The van der Waals surface area contributed by atoms with E-state index < -0.39 is 12.0 Å². The first-order valence-corrected chi connectivity index (χ1v) is 11.7. The maximum atomic E-state index is 14.9. The van der Waals surface area contributed by atoms with Gasteiger partial charge in [-0.2, -0.15) is 4.98 Å². The van der Waals surface area contributed by atoms with Crippen LogP contribution in [0.5, 0.6) is 5.88 Å². The number of thioether (sulfide) groups is 1. The highest BCUT2D eigenvalue weighted by Crippen LogP contribution is 2.44. The lowest BCUT2D eigenvalue weighted by atomic mass is 10.1. The van der Waals surface area contributed by atoms with Crippen molar-refractivity contribution in [3.63, 3.8) is 0 Å². The van der Waals surface area contributed by atoms with Gasteiger partial charge in [-0.25, -0.2) is 4.39 Å². The summed E-state index contributed by atoms with van der Waals surface area (Å²) in [6.07, 6.45) is -0.0619. The molecule has 6 nitrogen and oxygen atoms in total. The van der Waals surface area contributed by atoms with Crippen LogP contribution in [0.25, 0.3) is 11.3 Å². The smallest absolute Gasteiger partial charge is 0.247 e. The summed E-state index contributed by atoms with van der Waals surface area (Å²) in [6.45, 7) is 6.16. The maximum Gasteiger partial charge on any atom is 0.247 e. The molecule has 1 atom stereocenters. The summed E-state index contributed by atoms with van der Waals surface area (Å²) in [6, 6.07) is 13.7. The van der Waals surface area contributed by atoms with E-state index in [1.807, 2.05) is 31.2 Å². The van der Waals surface area contributed by atoms with Crippen LogP contribution in [0, 0.1) is 11.7 Å². The summed E-state index contributed by atoms with van der Waals surface area (Å²) in [5.41, 5.74) is 1.96. The number of nitrogens with zero attached hydrogens (tertiary/aromatic N) is 4. The van der Waals surface area contributed by atoms with E-state index in [4.69, 9.17) is 4.74 Å². The second kappa shape index (κ2) is 9.65. The number of rotatable bonds is 6. The summed E-state index contributed by atoms with van der Waals surface area (Å²) >= 11 is 1.49. The number of hydrogen-bond acceptors (Lipinski definition) is 6. The molecule has 1 aliphatic heterocycles. The summed E-state index contributed by atoms with van der Waals surface area (Å²) in [7, 11) is 0. The molecule has 0 bridgehead atoms. The third-order valence-electron chi connectivity index (χ3n) is 4.96. The minimum absolute atomic E-state index is 0.164. The summed E-state index contributed by atoms with van der Waals surface area (Å²) in [4.78, 5) is 19.4. The fourth-order valence-corrected chi connectivity index (χ4v) is 4.23. The molecular formula is C24H25FN4O2S. The Hall–Kier alpha value is -3.00. The molecule has 3 aromatic rings. The Kier molecular flexibility index (Phi) is 6.69. The molecule has 166 valence electrons. The van der Waals surface area contributed by atoms with Gasteiger partial charge in [-0.3, -0.25) is 9.69 Å². The zero-order valence-corrected chi connectivity index (χ0v) is 19.1. The Balaban J connectivity index is 1.89. The van der Waals surface area contributed by atoms with E-state index in [9.17, 15) is 9.18 Å². The van der Waals surface area contributed by atoms with Crippen LogP contribution in [0.4, 0.5) is 10.1 Å². The number of anilines is 1.